The molecule has 0 bridgehead atoms. The molecule has 0 aromatic carbocycles. The van der Waals surface area contributed by atoms with E-state index in [9.17, 15) is 4.79 Å². The highest BCUT2D eigenvalue weighted by molar-refractivity contribution is 6.03. The summed E-state index contributed by atoms with van der Waals surface area (Å²) >= 11 is 0. The maximum Gasteiger partial charge on any atom is 0.264 e. The van der Waals surface area contributed by atoms with E-state index in [-0.39, 0.29) is 5.70 Å². The number of carbonyl (C=O) groups is 1. The highest BCUT2D eigenvalue weighted by Gasteiger charge is 2.03. The van der Waals surface area contributed by atoms with Crippen molar-refractivity contribution in [3.63, 3.8) is 0 Å². The first-order chi connectivity index (χ1) is 6.20. The van der Waals surface area contributed by atoms with Crippen LogP contribution in [0.2, 0.25) is 0 Å². The van der Waals surface area contributed by atoms with Crippen molar-refractivity contribution >= 4 is 11.6 Å². The highest BCUT2D eigenvalue weighted by Crippen LogP contribution is 1.92. The Morgan fingerprint density at radius 1 is 1.54 bits per heavy atom. The molecule has 0 aliphatic carbocycles. The van der Waals surface area contributed by atoms with E-state index in [0.29, 0.717) is 6.54 Å². The van der Waals surface area contributed by atoms with Crippen molar-refractivity contribution in [1.29, 1.82) is 0 Å². The van der Waals surface area contributed by atoms with Crippen molar-refractivity contribution in [3.8, 4) is 0 Å². The lowest BCUT2D eigenvalue weighted by atomic mass is 10.3. The zero-order valence-corrected chi connectivity index (χ0v) is 7.42. The van der Waals surface area contributed by atoms with Gasteiger partial charge in [-0.05, 0) is 19.0 Å². The molecule has 0 spiro atoms. The van der Waals surface area contributed by atoms with Crippen LogP contribution < -0.4 is 16.8 Å². The molecule has 5 heteroatoms. The van der Waals surface area contributed by atoms with Gasteiger partial charge in [0.05, 0.1) is 11.4 Å². The lowest BCUT2D eigenvalue weighted by molar-refractivity contribution is -0.114. The van der Waals surface area contributed by atoms with E-state index in [1.54, 1.807) is 0 Å². The van der Waals surface area contributed by atoms with Crippen LogP contribution in [0.5, 0.6) is 0 Å². The van der Waals surface area contributed by atoms with Crippen LogP contribution in [0.25, 0.3) is 0 Å². The Balaban J connectivity index is 2.65. The molecule has 1 amide bonds. The summed E-state index contributed by atoms with van der Waals surface area (Å²) < 4.78 is 0. The number of rotatable bonds is 2. The smallest absolute Gasteiger partial charge is 0.264 e. The van der Waals surface area contributed by atoms with Crippen molar-refractivity contribution in [1.82, 2.24) is 5.32 Å². The van der Waals surface area contributed by atoms with Crippen LogP contribution in [0.3, 0.4) is 0 Å². The zero-order valence-electron chi connectivity index (χ0n) is 7.42. The van der Waals surface area contributed by atoms with Crippen molar-refractivity contribution in [2.45, 2.75) is 6.42 Å². The minimum atomic E-state index is -0.605. The molecule has 5 nitrogen and oxygen atoms in total. The van der Waals surface area contributed by atoms with Gasteiger partial charge in [0.25, 0.3) is 5.91 Å². The van der Waals surface area contributed by atoms with E-state index in [1.807, 2.05) is 0 Å². The first kappa shape index (κ1) is 9.73. The summed E-state index contributed by atoms with van der Waals surface area (Å²) in [4.78, 5) is 14.8. The molecule has 13 heavy (non-hydrogen) atoms. The number of nitrogens with two attached hydrogens (primary N) is 2. The Hall–Kier alpha value is -1.36. The highest BCUT2D eigenvalue weighted by atomic mass is 16.1. The molecule has 72 valence electrons. The molecule has 1 aliphatic rings. The average Bonchev–Trinajstić information content (AvgIpc) is 2.32. The molecule has 0 aromatic heterocycles. The molecular formula is C8H14N4O. The van der Waals surface area contributed by atoms with Crippen molar-refractivity contribution in [3.05, 3.63) is 11.8 Å². The molecule has 0 saturated carbocycles. The lowest BCUT2D eigenvalue weighted by Gasteiger charge is -1.99. The Labute approximate surface area is 76.9 Å². The summed E-state index contributed by atoms with van der Waals surface area (Å²) in [6.07, 6.45) is 2.54. The van der Waals surface area contributed by atoms with Crippen LogP contribution in [0.1, 0.15) is 6.42 Å². The number of aliphatic imine (C=N–C) groups is 1. The molecule has 0 radical (unpaired) electrons. The maximum atomic E-state index is 10.6. The number of carbonyl (C=O) groups excluding carboxylic acids is 1. The van der Waals surface area contributed by atoms with Crippen LogP contribution in [-0.2, 0) is 4.79 Å². The number of hydrogen-bond acceptors (Lipinski definition) is 4. The Bertz CT molecular complexity index is 257. The molecule has 1 aliphatic heterocycles. The number of primary amides is 1. The molecule has 0 atom stereocenters. The standard InChI is InChI=1S/C8H14N4O/c9-7(8(10)13)4-6-5-11-2-1-3-12-6/h4,11H,1-3,5,9H2,(H2,10,13)/b7-4-. The van der Waals surface area contributed by atoms with Gasteiger partial charge in [0.2, 0.25) is 0 Å². The van der Waals surface area contributed by atoms with E-state index < -0.39 is 5.91 Å². The fraction of sp³-hybridized carbons (Fsp3) is 0.500. The van der Waals surface area contributed by atoms with Gasteiger partial charge in [-0.15, -0.1) is 0 Å². The predicted octanol–water partition coefficient (Wildman–Crippen LogP) is -1.25. The maximum absolute atomic E-state index is 10.6. The first-order valence-corrected chi connectivity index (χ1v) is 4.21. The second kappa shape index (κ2) is 4.61. The number of amides is 1. The van der Waals surface area contributed by atoms with Crippen LogP contribution in [0.15, 0.2) is 16.8 Å². The van der Waals surface area contributed by atoms with Gasteiger partial charge in [-0.2, -0.15) is 0 Å². The molecule has 0 unspecified atom stereocenters. The summed E-state index contributed by atoms with van der Waals surface area (Å²) in [7, 11) is 0. The summed E-state index contributed by atoms with van der Waals surface area (Å²) in [6, 6.07) is 0. The summed E-state index contributed by atoms with van der Waals surface area (Å²) in [5, 5.41) is 3.16. The van der Waals surface area contributed by atoms with Gasteiger partial charge in [0.1, 0.15) is 0 Å². The minimum Gasteiger partial charge on any atom is -0.394 e. The largest absolute Gasteiger partial charge is 0.394 e. The summed E-state index contributed by atoms with van der Waals surface area (Å²) in [5.74, 6) is -0.605. The minimum absolute atomic E-state index is 0.0578. The van der Waals surface area contributed by atoms with Gasteiger partial charge in [-0.3, -0.25) is 9.79 Å². The topological polar surface area (TPSA) is 93.5 Å². The first-order valence-electron chi connectivity index (χ1n) is 4.21. The van der Waals surface area contributed by atoms with Gasteiger partial charge in [-0.25, -0.2) is 0 Å². The second-order valence-corrected chi connectivity index (χ2v) is 2.87. The molecule has 1 rings (SSSR count). The van der Waals surface area contributed by atoms with Crippen LogP contribution in [0.4, 0.5) is 0 Å². The SMILES string of the molecule is NC(=O)/C(N)=C/C1=NCCCNC1. The summed E-state index contributed by atoms with van der Waals surface area (Å²) in [6.45, 7) is 2.36. The molecule has 0 saturated heterocycles. The fourth-order valence-electron chi connectivity index (χ4n) is 1.05. The van der Waals surface area contributed by atoms with Gasteiger partial charge in [-0.1, -0.05) is 0 Å². The van der Waals surface area contributed by atoms with Crippen LogP contribution in [0, 0.1) is 0 Å². The van der Waals surface area contributed by atoms with Crippen LogP contribution in [-0.4, -0.2) is 31.3 Å². The number of nitrogens with one attached hydrogen (secondary N) is 1. The van der Waals surface area contributed by atoms with Gasteiger partial charge in [0, 0.05) is 13.1 Å². The Morgan fingerprint density at radius 2 is 2.31 bits per heavy atom. The van der Waals surface area contributed by atoms with E-state index in [0.717, 1.165) is 25.2 Å². The van der Waals surface area contributed by atoms with E-state index in [4.69, 9.17) is 11.5 Å². The van der Waals surface area contributed by atoms with E-state index in [1.165, 1.54) is 6.08 Å². The third-order valence-electron chi connectivity index (χ3n) is 1.74. The third kappa shape index (κ3) is 3.25. The number of hydrogen-bond donors (Lipinski definition) is 3. The van der Waals surface area contributed by atoms with Crippen LogP contribution >= 0.6 is 0 Å². The van der Waals surface area contributed by atoms with E-state index in [2.05, 4.69) is 10.3 Å². The van der Waals surface area contributed by atoms with Gasteiger partial charge in [0.15, 0.2) is 0 Å². The van der Waals surface area contributed by atoms with E-state index >= 15 is 0 Å². The lowest BCUT2D eigenvalue weighted by Crippen LogP contribution is -2.25. The fourth-order valence-corrected chi connectivity index (χ4v) is 1.05. The van der Waals surface area contributed by atoms with Crippen molar-refractivity contribution < 1.29 is 4.79 Å². The quantitative estimate of drug-likeness (QED) is 0.466. The van der Waals surface area contributed by atoms with Gasteiger partial charge < -0.3 is 16.8 Å². The van der Waals surface area contributed by atoms with Gasteiger partial charge >= 0.3 is 0 Å². The molecule has 1 heterocycles. The van der Waals surface area contributed by atoms with Crippen molar-refractivity contribution in [2.75, 3.05) is 19.6 Å². The molecule has 5 N–H and O–H groups in total. The predicted molar refractivity (Wildman–Crippen MR) is 51.3 cm³/mol. The van der Waals surface area contributed by atoms with Crippen molar-refractivity contribution in [2.24, 2.45) is 16.5 Å². The zero-order chi connectivity index (χ0) is 9.68. The molecule has 0 fully saturated rings. The normalized spacial score (nSPS) is 19.1. The molecular weight excluding hydrogens is 168 g/mol. The Kier molecular flexibility index (Phi) is 3.45. The summed E-state index contributed by atoms with van der Waals surface area (Å²) in [5.41, 5.74) is 11.2. The Morgan fingerprint density at radius 3 is 3.00 bits per heavy atom. The second-order valence-electron chi connectivity index (χ2n) is 2.87. The number of nitrogens with zero attached hydrogens (tertiary/aromatic N) is 1. The molecule has 0 aromatic rings. The third-order valence-corrected chi connectivity index (χ3v) is 1.74. The monoisotopic (exact) mass is 182 g/mol. The average molecular weight is 182 g/mol.